The molecule has 0 aliphatic rings. The normalized spacial score (nSPS) is 11.5. The summed E-state index contributed by atoms with van der Waals surface area (Å²) < 4.78 is 1.04. The number of hydrogen-bond donors (Lipinski definition) is 1. The Labute approximate surface area is 93.5 Å². The van der Waals surface area contributed by atoms with Gasteiger partial charge in [-0.3, -0.25) is 0 Å². The number of rotatable bonds is 5. The summed E-state index contributed by atoms with van der Waals surface area (Å²) in [6.45, 7) is 4.37. The Bertz CT molecular complexity index is 282. The molecule has 0 amide bonds. The van der Waals surface area contributed by atoms with Crippen LogP contribution in [0.4, 0.5) is 5.69 Å². The standard InChI is InChI=1S/C13H23N2/c1-12-6-8-13(9-7-12)14-10-5-11-15(2,3)4/h6-9,14H,5,10-11H2,1-4H3/q+1. The minimum atomic E-state index is 1.04. The molecule has 1 N–H and O–H groups in total. The van der Waals surface area contributed by atoms with E-state index < -0.39 is 0 Å². The average molecular weight is 207 g/mol. The predicted octanol–water partition coefficient (Wildman–Crippen LogP) is 2.50. The summed E-state index contributed by atoms with van der Waals surface area (Å²) in [5.41, 5.74) is 2.54. The molecule has 0 aromatic heterocycles. The van der Waals surface area contributed by atoms with Gasteiger partial charge in [-0.05, 0) is 19.1 Å². The maximum absolute atomic E-state index is 3.43. The Morgan fingerprint density at radius 1 is 1.07 bits per heavy atom. The van der Waals surface area contributed by atoms with Gasteiger partial charge >= 0.3 is 0 Å². The van der Waals surface area contributed by atoms with E-state index in [9.17, 15) is 0 Å². The predicted molar refractivity (Wildman–Crippen MR) is 67.2 cm³/mol. The van der Waals surface area contributed by atoms with Gasteiger partial charge in [-0.15, -0.1) is 0 Å². The second kappa shape index (κ2) is 5.17. The Morgan fingerprint density at radius 2 is 1.67 bits per heavy atom. The zero-order chi connectivity index (χ0) is 11.3. The fourth-order valence-corrected chi connectivity index (χ4v) is 1.46. The van der Waals surface area contributed by atoms with E-state index in [0.29, 0.717) is 0 Å². The molecule has 0 heterocycles. The van der Waals surface area contributed by atoms with Gasteiger partial charge in [0, 0.05) is 18.7 Å². The fraction of sp³-hybridized carbons (Fsp3) is 0.538. The highest BCUT2D eigenvalue weighted by Gasteiger charge is 2.04. The molecular weight excluding hydrogens is 184 g/mol. The van der Waals surface area contributed by atoms with Crippen LogP contribution in [0.1, 0.15) is 12.0 Å². The lowest BCUT2D eigenvalue weighted by Gasteiger charge is -2.23. The third kappa shape index (κ3) is 5.43. The molecule has 0 saturated heterocycles. The summed E-state index contributed by atoms with van der Waals surface area (Å²) >= 11 is 0. The monoisotopic (exact) mass is 207 g/mol. The molecule has 15 heavy (non-hydrogen) atoms. The highest BCUT2D eigenvalue weighted by atomic mass is 15.3. The van der Waals surface area contributed by atoms with Crippen molar-refractivity contribution < 1.29 is 4.48 Å². The Morgan fingerprint density at radius 3 is 2.20 bits per heavy atom. The number of hydrogen-bond acceptors (Lipinski definition) is 1. The minimum Gasteiger partial charge on any atom is -0.385 e. The first-order chi connectivity index (χ1) is 6.97. The number of anilines is 1. The summed E-state index contributed by atoms with van der Waals surface area (Å²) in [6, 6.07) is 8.56. The zero-order valence-electron chi connectivity index (χ0n) is 10.4. The summed E-state index contributed by atoms with van der Waals surface area (Å²) in [6.07, 6.45) is 1.21. The largest absolute Gasteiger partial charge is 0.385 e. The highest BCUT2D eigenvalue weighted by Crippen LogP contribution is 2.08. The molecule has 1 aromatic carbocycles. The van der Waals surface area contributed by atoms with Crippen molar-refractivity contribution in [1.29, 1.82) is 0 Å². The molecule has 0 spiro atoms. The minimum absolute atomic E-state index is 1.04. The van der Waals surface area contributed by atoms with Crippen molar-refractivity contribution in [1.82, 2.24) is 0 Å². The summed E-state index contributed by atoms with van der Waals surface area (Å²) in [7, 11) is 6.68. The van der Waals surface area contributed by atoms with Crippen LogP contribution in [-0.2, 0) is 0 Å². The molecule has 0 radical (unpaired) electrons. The fourth-order valence-electron chi connectivity index (χ4n) is 1.46. The molecule has 0 aliphatic carbocycles. The number of quaternary nitrogens is 1. The Kier molecular flexibility index (Phi) is 4.15. The van der Waals surface area contributed by atoms with Crippen LogP contribution < -0.4 is 5.32 Å². The summed E-state index contributed by atoms with van der Waals surface area (Å²) in [5, 5.41) is 3.43. The van der Waals surface area contributed by atoms with Gasteiger partial charge in [0.1, 0.15) is 0 Å². The molecule has 0 bridgehead atoms. The van der Waals surface area contributed by atoms with Gasteiger partial charge in [0.15, 0.2) is 0 Å². The van der Waals surface area contributed by atoms with E-state index in [4.69, 9.17) is 0 Å². The van der Waals surface area contributed by atoms with E-state index in [2.05, 4.69) is 57.6 Å². The highest BCUT2D eigenvalue weighted by molar-refractivity contribution is 5.44. The first-order valence-corrected chi connectivity index (χ1v) is 5.58. The molecule has 0 saturated carbocycles. The molecule has 2 heteroatoms. The molecule has 2 nitrogen and oxygen atoms in total. The van der Waals surface area contributed by atoms with Gasteiger partial charge in [-0.2, -0.15) is 0 Å². The summed E-state index contributed by atoms with van der Waals surface area (Å²) in [5.74, 6) is 0. The first kappa shape index (κ1) is 12.1. The van der Waals surface area contributed by atoms with Crippen molar-refractivity contribution in [3.63, 3.8) is 0 Å². The zero-order valence-corrected chi connectivity index (χ0v) is 10.4. The second-order valence-electron chi connectivity index (χ2n) is 5.16. The molecule has 0 unspecified atom stereocenters. The van der Waals surface area contributed by atoms with Crippen LogP contribution in [-0.4, -0.2) is 38.7 Å². The van der Waals surface area contributed by atoms with Crippen molar-refractivity contribution in [3.05, 3.63) is 29.8 Å². The van der Waals surface area contributed by atoms with Crippen molar-refractivity contribution >= 4 is 5.69 Å². The summed E-state index contributed by atoms with van der Waals surface area (Å²) in [4.78, 5) is 0. The smallest absolute Gasteiger partial charge is 0.0797 e. The van der Waals surface area contributed by atoms with Gasteiger partial charge in [0.2, 0.25) is 0 Å². The van der Waals surface area contributed by atoms with E-state index in [0.717, 1.165) is 11.0 Å². The molecule has 1 aromatic rings. The van der Waals surface area contributed by atoms with Crippen LogP contribution in [0.2, 0.25) is 0 Å². The molecular formula is C13H23N2+. The van der Waals surface area contributed by atoms with E-state index in [-0.39, 0.29) is 0 Å². The molecule has 0 atom stereocenters. The average Bonchev–Trinajstić information content (AvgIpc) is 2.14. The maximum atomic E-state index is 3.43. The van der Waals surface area contributed by atoms with Crippen molar-refractivity contribution in [2.75, 3.05) is 39.5 Å². The molecule has 1 rings (SSSR count). The molecule has 0 aliphatic heterocycles. The lowest BCUT2D eigenvalue weighted by molar-refractivity contribution is -0.870. The Hall–Kier alpha value is -1.02. The number of aryl methyl sites for hydroxylation is 1. The third-order valence-corrected chi connectivity index (χ3v) is 2.39. The number of nitrogens with one attached hydrogen (secondary N) is 1. The van der Waals surface area contributed by atoms with Gasteiger partial charge in [-0.25, -0.2) is 0 Å². The van der Waals surface area contributed by atoms with Crippen molar-refractivity contribution in [2.24, 2.45) is 0 Å². The van der Waals surface area contributed by atoms with Crippen LogP contribution in [0, 0.1) is 6.92 Å². The second-order valence-corrected chi connectivity index (χ2v) is 5.16. The van der Waals surface area contributed by atoms with Crippen LogP contribution >= 0.6 is 0 Å². The number of benzene rings is 1. The van der Waals surface area contributed by atoms with Crippen LogP contribution in [0.25, 0.3) is 0 Å². The van der Waals surface area contributed by atoms with E-state index in [1.165, 1.54) is 24.2 Å². The topological polar surface area (TPSA) is 12.0 Å². The third-order valence-electron chi connectivity index (χ3n) is 2.39. The van der Waals surface area contributed by atoms with E-state index >= 15 is 0 Å². The van der Waals surface area contributed by atoms with Crippen molar-refractivity contribution in [2.45, 2.75) is 13.3 Å². The van der Waals surface area contributed by atoms with E-state index in [1.54, 1.807) is 0 Å². The lowest BCUT2D eigenvalue weighted by Crippen LogP contribution is -2.36. The Balaban J connectivity index is 2.23. The molecule has 84 valence electrons. The van der Waals surface area contributed by atoms with Gasteiger partial charge in [0.05, 0.1) is 27.7 Å². The van der Waals surface area contributed by atoms with Gasteiger partial charge in [-0.1, -0.05) is 17.7 Å². The van der Waals surface area contributed by atoms with Crippen LogP contribution in [0.3, 0.4) is 0 Å². The van der Waals surface area contributed by atoms with Gasteiger partial charge in [0.25, 0.3) is 0 Å². The van der Waals surface area contributed by atoms with E-state index in [1.807, 2.05) is 0 Å². The van der Waals surface area contributed by atoms with Crippen LogP contribution in [0.15, 0.2) is 24.3 Å². The van der Waals surface area contributed by atoms with Crippen molar-refractivity contribution in [3.8, 4) is 0 Å². The lowest BCUT2D eigenvalue weighted by atomic mass is 10.2. The SMILES string of the molecule is Cc1ccc(NCCC[N+](C)(C)C)cc1. The quantitative estimate of drug-likeness (QED) is 0.578. The molecule has 0 fully saturated rings. The van der Waals surface area contributed by atoms with Crippen LogP contribution in [0.5, 0.6) is 0 Å². The maximum Gasteiger partial charge on any atom is 0.0797 e. The first-order valence-electron chi connectivity index (χ1n) is 5.58. The number of nitrogens with zero attached hydrogens (tertiary/aromatic N) is 1. The van der Waals surface area contributed by atoms with Gasteiger partial charge < -0.3 is 9.80 Å².